The van der Waals surface area contributed by atoms with Crippen molar-refractivity contribution < 1.29 is 9.90 Å². The molecule has 0 aliphatic carbocycles. The summed E-state index contributed by atoms with van der Waals surface area (Å²) in [5, 5.41) is 13.1. The maximum absolute atomic E-state index is 12.1. The average Bonchev–Trinajstić information content (AvgIpc) is 2.18. The molecule has 0 unspecified atom stereocenters. The zero-order valence-corrected chi connectivity index (χ0v) is 10.9. The summed E-state index contributed by atoms with van der Waals surface area (Å²) in [6.07, 6.45) is 1.53. The standard InChI is InChI=1S/C13H24N2O2/c1-9(2)5-10-8-15(4-3-12(10)16)13(17)11-6-14-7-11/h9-12,14,16H,3-8H2,1-2H3/t10-,12+/m1/s1. The number of nitrogens with one attached hydrogen (secondary N) is 1. The Morgan fingerprint density at radius 2 is 2.18 bits per heavy atom. The Labute approximate surface area is 103 Å². The summed E-state index contributed by atoms with van der Waals surface area (Å²) in [4.78, 5) is 14.1. The summed E-state index contributed by atoms with van der Waals surface area (Å²) < 4.78 is 0. The van der Waals surface area contributed by atoms with Crippen LogP contribution in [0.25, 0.3) is 0 Å². The third-order valence-electron chi connectivity index (χ3n) is 3.91. The van der Waals surface area contributed by atoms with Crippen LogP contribution in [0.3, 0.4) is 0 Å². The molecule has 0 spiro atoms. The average molecular weight is 240 g/mol. The van der Waals surface area contributed by atoms with E-state index in [0.29, 0.717) is 5.92 Å². The van der Waals surface area contributed by atoms with Gasteiger partial charge in [0, 0.05) is 32.1 Å². The molecule has 2 heterocycles. The van der Waals surface area contributed by atoms with Crippen LogP contribution < -0.4 is 5.32 Å². The number of hydrogen-bond donors (Lipinski definition) is 2. The van der Waals surface area contributed by atoms with Crippen LogP contribution in [0.2, 0.25) is 0 Å². The Morgan fingerprint density at radius 3 is 2.71 bits per heavy atom. The van der Waals surface area contributed by atoms with E-state index in [0.717, 1.165) is 39.0 Å². The first kappa shape index (κ1) is 12.8. The lowest BCUT2D eigenvalue weighted by molar-refractivity contribution is -0.141. The van der Waals surface area contributed by atoms with Gasteiger partial charge in [-0.1, -0.05) is 13.8 Å². The van der Waals surface area contributed by atoms with E-state index in [1.807, 2.05) is 4.90 Å². The summed E-state index contributed by atoms with van der Waals surface area (Å²) in [7, 11) is 0. The quantitative estimate of drug-likeness (QED) is 0.753. The van der Waals surface area contributed by atoms with Crippen molar-refractivity contribution in [1.29, 1.82) is 0 Å². The number of carbonyl (C=O) groups is 1. The third kappa shape index (κ3) is 2.99. The van der Waals surface area contributed by atoms with Gasteiger partial charge in [0.05, 0.1) is 12.0 Å². The Hall–Kier alpha value is -0.610. The van der Waals surface area contributed by atoms with Crippen molar-refractivity contribution in [3.8, 4) is 0 Å². The molecule has 2 N–H and O–H groups in total. The highest BCUT2D eigenvalue weighted by molar-refractivity contribution is 5.80. The summed E-state index contributed by atoms with van der Waals surface area (Å²) in [6.45, 7) is 7.46. The molecule has 2 rings (SSSR count). The molecular weight excluding hydrogens is 216 g/mol. The number of aliphatic hydroxyl groups excluding tert-OH is 1. The maximum Gasteiger partial charge on any atom is 0.228 e. The minimum atomic E-state index is -0.221. The molecule has 0 aromatic rings. The lowest BCUT2D eigenvalue weighted by Crippen LogP contribution is -2.55. The largest absolute Gasteiger partial charge is 0.393 e. The second-order valence-corrected chi connectivity index (χ2v) is 5.89. The predicted octanol–water partition coefficient (Wildman–Crippen LogP) is 0.461. The normalized spacial score (nSPS) is 30.5. The lowest BCUT2D eigenvalue weighted by atomic mass is 9.86. The second kappa shape index (κ2) is 5.36. The van der Waals surface area contributed by atoms with Gasteiger partial charge in [-0.2, -0.15) is 0 Å². The van der Waals surface area contributed by atoms with Crippen LogP contribution >= 0.6 is 0 Å². The number of nitrogens with zero attached hydrogens (tertiary/aromatic N) is 1. The Balaban J connectivity index is 1.89. The van der Waals surface area contributed by atoms with E-state index in [9.17, 15) is 9.90 Å². The number of carbonyl (C=O) groups excluding carboxylic acids is 1. The fraction of sp³-hybridized carbons (Fsp3) is 0.923. The predicted molar refractivity (Wildman–Crippen MR) is 66.5 cm³/mol. The van der Waals surface area contributed by atoms with Crippen LogP contribution in [-0.2, 0) is 4.79 Å². The zero-order valence-electron chi connectivity index (χ0n) is 10.9. The zero-order chi connectivity index (χ0) is 12.4. The molecule has 2 aliphatic heterocycles. The molecule has 0 aromatic carbocycles. The molecule has 4 nitrogen and oxygen atoms in total. The molecule has 0 radical (unpaired) electrons. The Kier molecular flexibility index (Phi) is 4.05. The van der Waals surface area contributed by atoms with Gasteiger partial charge < -0.3 is 15.3 Å². The second-order valence-electron chi connectivity index (χ2n) is 5.89. The van der Waals surface area contributed by atoms with E-state index >= 15 is 0 Å². The highest BCUT2D eigenvalue weighted by atomic mass is 16.3. The van der Waals surface area contributed by atoms with Crippen LogP contribution in [0.1, 0.15) is 26.7 Å². The minimum Gasteiger partial charge on any atom is -0.393 e. The van der Waals surface area contributed by atoms with Gasteiger partial charge >= 0.3 is 0 Å². The summed E-state index contributed by atoms with van der Waals surface area (Å²) >= 11 is 0. The Morgan fingerprint density at radius 1 is 1.47 bits per heavy atom. The number of rotatable bonds is 3. The molecule has 0 bridgehead atoms. The van der Waals surface area contributed by atoms with Gasteiger partial charge in [0.25, 0.3) is 0 Å². The van der Waals surface area contributed by atoms with Crippen LogP contribution in [0.4, 0.5) is 0 Å². The van der Waals surface area contributed by atoms with Crippen molar-refractivity contribution in [2.75, 3.05) is 26.2 Å². The molecule has 4 heteroatoms. The number of aliphatic hydroxyl groups is 1. The number of piperidine rings is 1. The molecule has 2 saturated heterocycles. The number of likely N-dealkylation sites (tertiary alicyclic amines) is 1. The third-order valence-corrected chi connectivity index (χ3v) is 3.91. The molecule has 0 saturated carbocycles. The summed E-state index contributed by atoms with van der Waals surface area (Å²) in [5.74, 6) is 1.31. The first-order chi connectivity index (χ1) is 8.08. The number of hydrogen-bond acceptors (Lipinski definition) is 3. The maximum atomic E-state index is 12.1. The van der Waals surface area contributed by atoms with E-state index in [1.54, 1.807) is 0 Å². The molecule has 2 fully saturated rings. The van der Waals surface area contributed by atoms with Gasteiger partial charge in [-0.15, -0.1) is 0 Å². The van der Waals surface area contributed by atoms with Gasteiger partial charge in [0.2, 0.25) is 5.91 Å². The van der Waals surface area contributed by atoms with E-state index in [4.69, 9.17) is 0 Å². The monoisotopic (exact) mass is 240 g/mol. The smallest absolute Gasteiger partial charge is 0.228 e. The molecule has 0 aromatic heterocycles. The highest BCUT2D eigenvalue weighted by Gasteiger charge is 2.35. The molecule has 17 heavy (non-hydrogen) atoms. The Bertz CT molecular complexity index is 277. The molecular formula is C13H24N2O2. The molecule has 98 valence electrons. The van der Waals surface area contributed by atoms with Crippen molar-refractivity contribution in [2.24, 2.45) is 17.8 Å². The highest BCUT2D eigenvalue weighted by Crippen LogP contribution is 2.25. The van der Waals surface area contributed by atoms with Crippen molar-refractivity contribution in [1.82, 2.24) is 10.2 Å². The lowest BCUT2D eigenvalue weighted by Gasteiger charge is -2.40. The van der Waals surface area contributed by atoms with Gasteiger partial charge in [0.15, 0.2) is 0 Å². The van der Waals surface area contributed by atoms with Crippen molar-refractivity contribution in [3.05, 3.63) is 0 Å². The molecule has 2 atom stereocenters. The van der Waals surface area contributed by atoms with E-state index in [2.05, 4.69) is 19.2 Å². The van der Waals surface area contributed by atoms with Crippen molar-refractivity contribution in [2.45, 2.75) is 32.8 Å². The van der Waals surface area contributed by atoms with E-state index < -0.39 is 0 Å². The van der Waals surface area contributed by atoms with Crippen LogP contribution in [0.5, 0.6) is 0 Å². The fourth-order valence-electron chi connectivity index (χ4n) is 2.78. The minimum absolute atomic E-state index is 0.185. The van der Waals surface area contributed by atoms with Gasteiger partial charge in [-0.05, 0) is 18.8 Å². The topological polar surface area (TPSA) is 52.6 Å². The van der Waals surface area contributed by atoms with Crippen molar-refractivity contribution in [3.63, 3.8) is 0 Å². The van der Waals surface area contributed by atoms with Gasteiger partial charge in [0.1, 0.15) is 0 Å². The van der Waals surface area contributed by atoms with Crippen LogP contribution in [0.15, 0.2) is 0 Å². The van der Waals surface area contributed by atoms with E-state index in [-0.39, 0.29) is 23.8 Å². The SMILES string of the molecule is CC(C)C[C@@H]1CN(C(=O)C2CNC2)CC[C@@H]1O. The summed E-state index contributed by atoms with van der Waals surface area (Å²) in [5.41, 5.74) is 0. The summed E-state index contributed by atoms with van der Waals surface area (Å²) in [6, 6.07) is 0. The number of amides is 1. The van der Waals surface area contributed by atoms with Gasteiger partial charge in [-0.25, -0.2) is 0 Å². The first-order valence-corrected chi connectivity index (χ1v) is 6.75. The van der Waals surface area contributed by atoms with Gasteiger partial charge in [-0.3, -0.25) is 4.79 Å². The van der Waals surface area contributed by atoms with Crippen LogP contribution in [0, 0.1) is 17.8 Å². The first-order valence-electron chi connectivity index (χ1n) is 6.75. The van der Waals surface area contributed by atoms with Crippen LogP contribution in [-0.4, -0.2) is 48.2 Å². The molecule has 1 amide bonds. The molecule has 2 aliphatic rings. The van der Waals surface area contributed by atoms with Crippen molar-refractivity contribution >= 4 is 5.91 Å². The fourth-order valence-corrected chi connectivity index (χ4v) is 2.78. The van der Waals surface area contributed by atoms with E-state index in [1.165, 1.54) is 0 Å².